The largest absolute Gasteiger partial charge is 0.310 e. The quantitative estimate of drug-likeness (QED) is 0.711. The molecule has 3 unspecified atom stereocenters. The van der Waals surface area contributed by atoms with Crippen LogP contribution in [0.5, 0.6) is 0 Å². The predicted molar refractivity (Wildman–Crippen MR) is 59.2 cm³/mol. The molecular formula is C13H23N. The summed E-state index contributed by atoms with van der Waals surface area (Å²) in [5.74, 6) is 0.990. The Morgan fingerprint density at radius 2 is 1.79 bits per heavy atom. The van der Waals surface area contributed by atoms with E-state index in [9.17, 15) is 0 Å². The SMILES string of the molecule is CC12CCC(C1)C(C)(C)C2NC1CC1. The second kappa shape index (κ2) is 2.55. The maximum absolute atomic E-state index is 3.92. The van der Waals surface area contributed by atoms with Gasteiger partial charge in [-0.25, -0.2) is 0 Å². The Morgan fingerprint density at radius 3 is 2.29 bits per heavy atom. The summed E-state index contributed by atoms with van der Waals surface area (Å²) in [4.78, 5) is 0. The molecule has 1 nitrogen and oxygen atoms in total. The van der Waals surface area contributed by atoms with Crippen LogP contribution in [0.25, 0.3) is 0 Å². The first-order valence-electron chi connectivity index (χ1n) is 6.28. The van der Waals surface area contributed by atoms with Gasteiger partial charge in [-0.1, -0.05) is 20.8 Å². The Hall–Kier alpha value is -0.0400. The molecule has 1 heteroatoms. The molecule has 0 aliphatic heterocycles. The molecule has 3 saturated carbocycles. The highest BCUT2D eigenvalue weighted by atomic mass is 15.0. The molecule has 0 aromatic heterocycles. The first-order valence-corrected chi connectivity index (χ1v) is 6.28. The molecule has 14 heavy (non-hydrogen) atoms. The number of nitrogens with one attached hydrogen (secondary N) is 1. The van der Waals surface area contributed by atoms with Crippen molar-refractivity contribution in [3.8, 4) is 0 Å². The Labute approximate surface area is 87.7 Å². The van der Waals surface area contributed by atoms with Crippen LogP contribution < -0.4 is 5.32 Å². The smallest absolute Gasteiger partial charge is 0.0177 e. The molecular weight excluding hydrogens is 170 g/mol. The minimum absolute atomic E-state index is 0.551. The molecule has 0 aromatic rings. The van der Waals surface area contributed by atoms with Crippen molar-refractivity contribution in [3.63, 3.8) is 0 Å². The zero-order chi connectivity index (χ0) is 9.97. The molecule has 2 bridgehead atoms. The van der Waals surface area contributed by atoms with E-state index in [0.29, 0.717) is 10.8 Å². The second-order valence-corrected chi connectivity index (χ2v) is 6.79. The predicted octanol–water partition coefficient (Wildman–Crippen LogP) is 2.95. The van der Waals surface area contributed by atoms with E-state index < -0.39 is 0 Å². The minimum atomic E-state index is 0.551. The summed E-state index contributed by atoms with van der Waals surface area (Å²) in [5.41, 5.74) is 1.17. The zero-order valence-corrected chi connectivity index (χ0v) is 9.77. The third-order valence-electron chi connectivity index (χ3n) is 5.25. The van der Waals surface area contributed by atoms with Crippen molar-refractivity contribution in [2.75, 3.05) is 0 Å². The van der Waals surface area contributed by atoms with Crippen LogP contribution in [-0.2, 0) is 0 Å². The maximum Gasteiger partial charge on any atom is 0.0177 e. The zero-order valence-electron chi connectivity index (χ0n) is 9.77. The van der Waals surface area contributed by atoms with Gasteiger partial charge in [0.2, 0.25) is 0 Å². The van der Waals surface area contributed by atoms with Crippen LogP contribution in [0.3, 0.4) is 0 Å². The molecule has 0 spiro atoms. The van der Waals surface area contributed by atoms with E-state index in [-0.39, 0.29) is 0 Å². The lowest BCUT2D eigenvalue weighted by Crippen LogP contribution is -2.51. The van der Waals surface area contributed by atoms with Gasteiger partial charge in [0.25, 0.3) is 0 Å². The Bertz CT molecular complexity index is 249. The third-order valence-corrected chi connectivity index (χ3v) is 5.25. The Morgan fingerprint density at radius 1 is 1.07 bits per heavy atom. The molecule has 3 aliphatic carbocycles. The highest BCUT2D eigenvalue weighted by molar-refractivity contribution is 5.13. The van der Waals surface area contributed by atoms with Crippen molar-refractivity contribution in [2.24, 2.45) is 16.7 Å². The van der Waals surface area contributed by atoms with Gasteiger partial charge in [0.15, 0.2) is 0 Å². The van der Waals surface area contributed by atoms with Gasteiger partial charge in [-0.15, -0.1) is 0 Å². The van der Waals surface area contributed by atoms with E-state index in [2.05, 4.69) is 26.1 Å². The van der Waals surface area contributed by atoms with E-state index in [4.69, 9.17) is 0 Å². The van der Waals surface area contributed by atoms with Crippen LogP contribution in [0.1, 0.15) is 52.9 Å². The molecule has 3 atom stereocenters. The van der Waals surface area contributed by atoms with Crippen molar-refractivity contribution in [2.45, 2.75) is 65.0 Å². The van der Waals surface area contributed by atoms with Crippen molar-refractivity contribution in [1.82, 2.24) is 5.32 Å². The number of hydrogen-bond donors (Lipinski definition) is 1. The molecule has 3 rings (SSSR count). The van der Waals surface area contributed by atoms with Crippen LogP contribution in [0.15, 0.2) is 0 Å². The van der Waals surface area contributed by atoms with Gasteiger partial charge < -0.3 is 5.32 Å². The van der Waals surface area contributed by atoms with Crippen molar-refractivity contribution in [1.29, 1.82) is 0 Å². The first-order chi connectivity index (χ1) is 6.52. The van der Waals surface area contributed by atoms with Gasteiger partial charge in [-0.05, 0) is 48.9 Å². The summed E-state index contributed by atoms with van der Waals surface area (Å²) in [6.07, 6.45) is 7.27. The monoisotopic (exact) mass is 193 g/mol. The van der Waals surface area contributed by atoms with E-state index in [1.807, 2.05) is 0 Å². The Kier molecular flexibility index (Phi) is 1.68. The van der Waals surface area contributed by atoms with Gasteiger partial charge in [-0.2, -0.15) is 0 Å². The third kappa shape index (κ3) is 1.11. The van der Waals surface area contributed by atoms with Crippen LogP contribution >= 0.6 is 0 Å². The number of hydrogen-bond acceptors (Lipinski definition) is 1. The van der Waals surface area contributed by atoms with Gasteiger partial charge >= 0.3 is 0 Å². The van der Waals surface area contributed by atoms with Gasteiger partial charge in [0.05, 0.1) is 0 Å². The van der Waals surface area contributed by atoms with Crippen LogP contribution in [-0.4, -0.2) is 12.1 Å². The van der Waals surface area contributed by atoms with Gasteiger partial charge in [0.1, 0.15) is 0 Å². The summed E-state index contributed by atoms with van der Waals surface area (Å²) in [6.45, 7) is 7.49. The molecule has 0 aromatic carbocycles. The molecule has 3 fully saturated rings. The number of rotatable bonds is 2. The highest BCUT2D eigenvalue weighted by Crippen LogP contribution is 2.62. The fourth-order valence-electron chi connectivity index (χ4n) is 4.20. The summed E-state index contributed by atoms with van der Waals surface area (Å²) in [6, 6.07) is 1.66. The molecule has 80 valence electrons. The standard InChI is InChI=1S/C13H23N/c1-12(2)9-6-7-13(3,8-9)11(12)14-10-4-5-10/h9-11,14H,4-8H2,1-3H3. The summed E-state index contributed by atoms with van der Waals surface area (Å²) in [5, 5.41) is 3.92. The van der Waals surface area contributed by atoms with E-state index >= 15 is 0 Å². The molecule has 1 N–H and O–H groups in total. The number of fused-ring (bicyclic) bond motifs is 2. The average molecular weight is 193 g/mol. The maximum atomic E-state index is 3.92. The normalized spacial score (nSPS) is 49.9. The second-order valence-electron chi connectivity index (χ2n) is 6.79. The van der Waals surface area contributed by atoms with Gasteiger partial charge in [0, 0.05) is 12.1 Å². The molecule has 0 saturated heterocycles. The van der Waals surface area contributed by atoms with E-state index in [1.165, 1.54) is 32.1 Å². The first kappa shape index (κ1) is 9.21. The van der Waals surface area contributed by atoms with Crippen molar-refractivity contribution in [3.05, 3.63) is 0 Å². The van der Waals surface area contributed by atoms with E-state index in [1.54, 1.807) is 0 Å². The fourth-order valence-corrected chi connectivity index (χ4v) is 4.20. The van der Waals surface area contributed by atoms with Crippen LogP contribution in [0.2, 0.25) is 0 Å². The average Bonchev–Trinajstić information content (AvgIpc) is 2.79. The lowest BCUT2D eigenvalue weighted by Gasteiger charge is -2.43. The Balaban J connectivity index is 1.85. The van der Waals surface area contributed by atoms with Crippen LogP contribution in [0.4, 0.5) is 0 Å². The summed E-state index contributed by atoms with van der Waals surface area (Å²) < 4.78 is 0. The summed E-state index contributed by atoms with van der Waals surface area (Å²) in [7, 11) is 0. The van der Waals surface area contributed by atoms with E-state index in [0.717, 1.165) is 18.0 Å². The molecule has 3 aliphatic rings. The molecule has 0 radical (unpaired) electrons. The summed E-state index contributed by atoms with van der Waals surface area (Å²) >= 11 is 0. The molecule has 0 amide bonds. The van der Waals surface area contributed by atoms with Crippen molar-refractivity contribution < 1.29 is 0 Å². The lowest BCUT2D eigenvalue weighted by atomic mass is 9.68. The molecule has 0 heterocycles. The topological polar surface area (TPSA) is 12.0 Å². The highest BCUT2D eigenvalue weighted by Gasteiger charge is 2.59. The van der Waals surface area contributed by atoms with Crippen LogP contribution in [0, 0.1) is 16.7 Å². The minimum Gasteiger partial charge on any atom is -0.310 e. The fraction of sp³-hybridized carbons (Fsp3) is 1.00. The van der Waals surface area contributed by atoms with Gasteiger partial charge in [-0.3, -0.25) is 0 Å². The lowest BCUT2D eigenvalue weighted by molar-refractivity contribution is 0.108. The van der Waals surface area contributed by atoms with Crippen molar-refractivity contribution >= 4 is 0 Å².